The zero-order valence-electron chi connectivity index (χ0n) is 17.4. The Morgan fingerprint density at radius 3 is 2.00 bits per heavy atom. The standard InChI is InChI=1S/C24H23NO6/c1-29-19-10-9-15(11-21(19)31-3)23-16-12-18(26)20(30-2)13-17(16)22(24(23)25(27)28)14-7-5-4-6-8-14/h4-13,22-24,26H,1-3H3/t22-,23-,24-/m1/s1. The molecule has 0 saturated heterocycles. The average Bonchev–Trinajstić information content (AvgIpc) is 3.12. The third-order valence-electron chi connectivity index (χ3n) is 5.91. The molecule has 160 valence electrons. The van der Waals surface area contributed by atoms with Crippen LogP contribution < -0.4 is 14.2 Å². The van der Waals surface area contributed by atoms with Crippen LogP contribution in [0.3, 0.4) is 0 Å². The summed E-state index contributed by atoms with van der Waals surface area (Å²) in [7, 11) is 4.53. The molecule has 0 amide bonds. The lowest BCUT2D eigenvalue weighted by molar-refractivity contribution is -0.525. The quantitative estimate of drug-likeness (QED) is 0.470. The molecule has 0 aliphatic heterocycles. The molecule has 3 atom stereocenters. The molecule has 7 nitrogen and oxygen atoms in total. The third-order valence-corrected chi connectivity index (χ3v) is 5.91. The van der Waals surface area contributed by atoms with E-state index in [2.05, 4.69) is 0 Å². The Labute approximate surface area is 180 Å². The number of rotatable bonds is 6. The van der Waals surface area contributed by atoms with Crippen molar-refractivity contribution in [3.05, 3.63) is 93.0 Å². The molecule has 1 N–H and O–H groups in total. The van der Waals surface area contributed by atoms with Crippen LogP contribution in [0.4, 0.5) is 0 Å². The highest BCUT2D eigenvalue weighted by atomic mass is 16.6. The maximum Gasteiger partial charge on any atom is 0.234 e. The summed E-state index contributed by atoms with van der Waals surface area (Å²) in [4.78, 5) is 12.2. The fraction of sp³-hybridized carbons (Fsp3) is 0.250. The van der Waals surface area contributed by atoms with E-state index >= 15 is 0 Å². The van der Waals surface area contributed by atoms with E-state index in [1.54, 1.807) is 30.3 Å². The summed E-state index contributed by atoms with van der Waals surface area (Å²) in [6.07, 6.45) is 0. The topological polar surface area (TPSA) is 91.1 Å². The normalized spacial score (nSPS) is 19.5. The van der Waals surface area contributed by atoms with Gasteiger partial charge in [-0.05, 0) is 46.5 Å². The number of phenols is 1. The minimum absolute atomic E-state index is 0.0532. The highest BCUT2D eigenvalue weighted by molar-refractivity contribution is 5.59. The summed E-state index contributed by atoms with van der Waals surface area (Å²) in [6.45, 7) is 0. The number of nitrogens with zero attached hydrogens (tertiary/aromatic N) is 1. The van der Waals surface area contributed by atoms with Crippen molar-refractivity contribution < 1.29 is 24.2 Å². The van der Waals surface area contributed by atoms with E-state index in [0.29, 0.717) is 22.6 Å². The molecule has 0 spiro atoms. The minimum atomic E-state index is -0.970. The molecule has 0 unspecified atom stereocenters. The number of methoxy groups -OCH3 is 3. The number of benzene rings is 3. The molecule has 1 aliphatic rings. The van der Waals surface area contributed by atoms with E-state index in [0.717, 1.165) is 11.1 Å². The van der Waals surface area contributed by atoms with Crippen molar-refractivity contribution in [2.45, 2.75) is 17.9 Å². The van der Waals surface area contributed by atoms with Gasteiger partial charge in [-0.1, -0.05) is 36.4 Å². The summed E-state index contributed by atoms with van der Waals surface area (Å²) in [5, 5.41) is 22.9. The number of nitro groups is 1. The summed E-state index contributed by atoms with van der Waals surface area (Å²) in [5.41, 5.74) is 3.01. The Balaban J connectivity index is 1.97. The van der Waals surface area contributed by atoms with Gasteiger partial charge in [-0.3, -0.25) is 10.1 Å². The molecule has 0 fully saturated rings. The molecule has 4 rings (SSSR count). The maximum atomic E-state index is 12.4. The van der Waals surface area contributed by atoms with Gasteiger partial charge in [0.15, 0.2) is 23.0 Å². The Morgan fingerprint density at radius 1 is 0.774 bits per heavy atom. The maximum absolute atomic E-state index is 12.4. The number of aromatic hydroxyl groups is 1. The summed E-state index contributed by atoms with van der Waals surface area (Å²) in [5.74, 6) is 0.173. The Morgan fingerprint density at radius 2 is 1.39 bits per heavy atom. The van der Waals surface area contributed by atoms with Gasteiger partial charge in [-0.15, -0.1) is 0 Å². The Hall–Kier alpha value is -3.74. The van der Waals surface area contributed by atoms with Crippen molar-refractivity contribution in [1.82, 2.24) is 0 Å². The SMILES string of the molecule is COc1cc2c(cc1O)[C@@H](c1ccc(OC)c(OC)c1)[C@H]([N+](=O)[O-])[C@@H]2c1ccccc1. The molecule has 3 aromatic carbocycles. The lowest BCUT2D eigenvalue weighted by Crippen LogP contribution is -2.29. The van der Waals surface area contributed by atoms with Crippen LogP contribution in [0, 0.1) is 10.1 Å². The van der Waals surface area contributed by atoms with Crippen molar-refractivity contribution in [2.75, 3.05) is 21.3 Å². The molecular weight excluding hydrogens is 398 g/mol. The van der Waals surface area contributed by atoms with Gasteiger partial charge in [0.25, 0.3) is 0 Å². The van der Waals surface area contributed by atoms with Crippen molar-refractivity contribution in [1.29, 1.82) is 0 Å². The van der Waals surface area contributed by atoms with Crippen LogP contribution in [0.5, 0.6) is 23.0 Å². The van der Waals surface area contributed by atoms with E-state index in [1.807, 2.05) is 30.3 Å². The second-order valence-electron chi connectivity index (χ2n) is 7.41. The van der Waals surface area contributed by atoms with Crippen LogP contribution in [0.2, 0.25) is 0 Å². The first-order valence-corrected chi connectivity index (χ1v) is 9.81. The number of fused-ring (bicyclic) bond motifs is 1. The van der Waals surface area contributed by atoms with Crippen molar-refractivity contribution in [3.8, 4) is 23.0 Å². The molecular formula is C24H23NO6. The van der Waals surface area contributed by atoms with Gasteiger partial charge in [-0.25, -0.2) is 0 Å². The molecule has 0 bridgehead atoms. The molecule has 0 radical (unpaired) electrons. The largest absolute Gasteiger partial charge is 0.504 e. The summed E-state index contributed by atoms with van der Waals surface area (Å²) in [6, 6.07) is 17.0. The van der Waals surface area contributed by atoms with Gasteiger partial charge in [-0.2, -0.15) is 0 Å². The summed E-state index contributed by atoms with van der Waals surface area (Å²) < 4.78 is 16.1. The zero-order valence-corrected chi connectivity index (χ0v) is 17.4. The van der Waals surface area contributed by atoms with Gasteiger partial charge in [0.2, 0.25) is 6.04 Å². The first kappa shape index (κ1) is 20.5. The highest BCUT2D eigenvalue weighted by Gasteiger charge is 2.50. The predicted molar refractivity (Wildman–Crippen MR) is 115 cm³/mol. The molecule has 31 heavy (non-hydrogen) atoms. The number of ether oxygens (including phenoxy) is 3. The molecule has 0 saturated carbocycles. The molecule has 7 heteroatoms. The van der Waals surface area contributed by atoms with Gasteiger partial charge in [0.05, 0.1) is 33.2 Å². The van der Waals surface area contributed by atoms with E-state index < -0.39 is 17.9 Å². The fourth-order valence-corrected chi connectivity index (χ4v) is 4.57. The van der Waals surface area contributed by atoms with Crippen LogP contribution in [-0.2, 0) is 0 Å². The molecule has 0 aromatic heterocycles. The van der Waals surface area contributed by atoms with E-state index in [9.17, 15) is 15.2 Å². The van der Waals surface area contributed by atoms with Crippen LogP contribution >= 0.6 is 0 Å². The zero-order chi connectivity index (χ0) is 22.1. The smallest absolute Gasteiger partial charge is 0.234 e. The predicted octanol–water partition coefficient (Wildman–Crippen LogP) is 4.34. The van der Waals surface area contributed by atoms with Gasteiger partial charge < -0.3 is 19.3 Å². The summed E-state index contributed by atoms with van der Waals surface area (Å²) >= 11 is 0. The van der Waals surface area contributed by atoms with Gasteiger partial charge >= 0.3 is 0 Å². The van der Waals surface area contributed by atoms with Crippen LogP contribution in [0.25, 0.3) is 0 Å². The lowest BCUT2D eigenvalue weighted by atomic mass is 9.85. The van der Waals surface area contributed by atoms with Crippen LogP contribution in [-0.4, -0.2) is 37.4 Å². The van der Waals surface area contributed by atoms with Crippen LogP contribution in [0.1, 0.15) is 34.1 Å². The van der Waals surface area contributed by atoms with Crippen molar-refractivity contribution in [2.24, 2.45) is 0 Å². The van der Waals surface area contributed by atoms with E-state index in [-0.39, 0.29) is 16.4 Å². The number of hydrogen-bond acceptors (Lipinski definition) is 6. The van der Waals surface area contributed by atoms with Crippen LogP contribution in [0.15, 0.2) is 60.7 Å². The Bertz CT molecular complexity index is 1110. The molecule has 1 aliphatic carbocycles. The minimum Gasteiger partial charge on any atom is -0.504 e. The fourth-order valence-electron chi connectivity index (χ4n) is 4.57. The first-order valence-electron chi connectivity index (χ1n) is 9.81. The van der Waals surface area contributed by atoms with Crippen molar-refractivity contribution in [3.63, 3.8) is 0 Å². The monoisotopic (exact) mass is 421 g/mol. The number of hydrogen-bond donors (Lipinski definition) is 1. The van der Waals surface area contributed by atoms with Gasteiger partial charge in [0, 0.05) is 4.92 Å². The Kier molecular flexibility index (Phi) is 5.42. The first-order chi connectivity index (χ1) is 15.0. The second kappa shape index (κ2) is 8.18. The highest BCUT2D eigenvalue weighted by Crippen LogP contribution is 2.53. The van der Waals surface area contributed by atoms with Gasteiger partial charge in [0.1, 0.15) is 0 Å². The molecule has 3 aromatic rings. The third kappa shape index (κ3) is 3.42. The van der Waals surface area contributed by atoms with Crippen molar-refractivity contribution >= 4 is 0 Å². The molecule has 0 heterocycles. The average molecular weight is 421 g/mol. The second-order valence-corrected chi connectivity index (χ2v) is 7.41. The van der Waals surface area contributed by atoms with E-state index in [1.165, 1.54) is 21.3 Å². The lowest BCUT2D eigenvalue weighted by Gasteiger charge is -2.20. The van der Waals surface area contributed by atoms with E-state index in [4.69, 9.17) is 14.2 Å². The number of phenolic OH excluding ortho intramolecular Hbond substituents is 1.